The van der Waals surface area contributed by atoms with Gasteiger partial charge in [-0.15, -0.1) is 0 Å². The van der Waals surface area contributed by atoms with Gasteiger partial charge in [0.1, 0.15) is 6.04 Å². The predicted octanol–water partition coefficient (Wildman–Crippen LogP) is 2.45. The number of carboxylic acids is 1. The molecule has 1 amide bonds. The van der Waals surface area contributed by atoms with Crippen LogP contribution in [0.25, 0.3) is 0 Å². The summed E-state index contributed by atoms with van der Waals surface area (Å²) in [7, 11) is 0. The molecule has 0 radical (unpaired) electrons. The highest BCUT2D eigenvalue weighted by Gasteiger charge is 2.34. The maximum absolute atomic E-state index is 12.3. The molecule has 0 aliphatic carbocycles. The second-order valence-corrected chi connectivity index (χ2v) is 5.31. The van der Waals surface area contributed by atoms with E-state index >= 15 is 0 Å². The van der Waals surface area contributed by atoms with Crippen molar-refractivity contribution in [2.45, 2.75) is 25.8 Å². The van der Waals surface area contributed by atoms with Crippen molar-refractivity contribution in [3.05, 3.63) is 33.8 Å². The average molecular weight is 312 g/mol. The number of hydrogen-bond acceptors (Lipinski definition) is 2. The summed E-state index contributed by atoms with van der Waals surface area (Å²) in [6.07, 6.45) is 1.29. The fraction of sp³-hybridized carbons (Fsp3) is 0.385. The van der Waals surface area contributed by atoms with E-state index in [1.165, 1.54) is 4.90 Å². The summed E-state index contributed by atoms with van der Waals surface area (Å²) in [5.41, 5.74) is 1.51. The lowest BCUT2D eigenvalue weighted by Crippen LogP contribution is -2.40. The summed E-state index contributed by atoms with van der Waals surface area (Å²) in [5, 5.41) is 9.08. The van der Waals surface area contributed by atoms with Crippen molar-refractivity contribution in [1.82, 2.24) is 4.90 Å². The molecule has 1 aliphatic heterocycles. The van der Waals surface area contributed by atoms with Crippen LogP contribution in [0, 0.1) is 6.92 Å². The number of nitrogens with zero attached hydrogens (tertiary/aromatic N) is 1. The first-order valence-electron chi connectivity index (χ1n) is 5.80. The minimum Gasteiger partial charge on any atom is -0.480 e. The van der Waals surface area contributed by atoms with Crippen LogP contribution in [0.3, 0.4) is 0 Å². The molecule has 1 fully saturated rings. The Hall–Kier alpha value is -1.36. The monoisotopic (exact) mass is 311 g/mol. The normalized spacial score (nSPS) is 19.0. The van der Waals surface area contributed by atoms with Crippen LogP contribution in [-0.2, 0) is 4.79 Å². The van der Waals surface area contributed by atoms with Crippen molar-refractivity contribution in [3.8, 4) is 0 Å². The van der Waals surface area contributed by atoms with Crippen LogP contribution in [0.5, 0.6) is 0 Å². The van der Waals surface area contributed by atoms with Crippen molar-refractivity contribution < 1.29 is 14.7 Å². The van der Waals surface area contributed by atoms with Gasteiger partial charge in [-0.2, -0.15) is 0 Å². The van der Waals surface area contributed by atoms with Crippen molar-refractivity contribution in [1.29, 1.82) is 0 Å². The minimum absolute atomic E-state index is 0.199. The lowest BCUT2D eigenvalue weighted by Gasteiger charge is -2.21. The molecule has 2 rings (SSSR count). The van der Waals surface area contributed by atoms with Gasteiger partial charge < -0.3 is 10.0 Å². The molecule has 0 saturated carbocycles. The lowest BCUT2D eigenvalue weighted by atomic mass is 10.1. The quantitative estimate of drug-likeness (QED) is 0.912. The fourth-order valence-corrected chi connectivity index (χ4v) is 2.46. The summed E-state index contributed by atoms with van der Waals surface area (Å²) in [6.45, 7) is 2.42. The van der Waals surface area contributed by atoms with Crippen molar-refractivity contribution in [3.63, 3.8) is 0 Å². The Balaban J connectivity index is 2.25. The van der Waals surface area contributed by atoms with Crippen LogP contribution in [0.2, 0.25) is 0 Å². The maximum Gasteiger partial charge on any atom is 0.326 e. The first-order chi connectivity index (χ1) is 8.50. The van der Waals surface area contributed by atoms with E-state index in [1.807, 2.05) is 13.0 Å². The van der Waals surface area contributed by atoms with E-state index in [-0.39, 0.29) is 5.91 Å². The van der Waals surface area contributed by atoms with E-state index in [0.717, 1.165) is 16.5 Å². The number of rotatable bonds is 2. The number of carbonyl (C=O) groups excluding carboxylic acids is 1. The van der Waals surface area contributed by atoms with Crippen LogP contribution >= 0.6 is 15.9 Å². The first kappa shape index (κ1) is 13.1. The minimum atomic E-state index is -0.922. The molecule has 0 spiro atoms. The first-order valence-corrected chi connectivity index (χ1v) is 6.60. The van der Waals surface area contributed by atoms with Gasteiger partial charge in [0.2, 0.25) is 0 Å². The number of halogens is 1. The van der Waals surface area contributed by atoms with Gasteiger partial charge in [0.05, 0.1) is 0 Å². The molecule has 1 aliphatic rings. The number of benzene rings is 1. The molecule has 0 aromatic heterocycles. The number of likely N-dealkylation sites (tertiary alicyclic amines) is 1. The number of carboxylic acid groups (broad SMARTS) is 1. The van der Waals surface area contributed by atoms with Gasteiger partial charge in [-0.05, 0) is 43.5 Å². The molecule has 96 valence electrons. The number of aryl methyl sites for hydroxylation is 1. The Morgan fingerprint density at radius 2 is 2.17 bits per heavy atom. The third-order valence-corrected chi connectivity index (χ3v) is 4.09. The summed E-state index contributed by atoms with van der Waals surface area (Å²) in [4.78, 5) is 24.8. The van der Waals surface area contributed by atoms with E-state index < -0.39 is 12.0 Å². The zero-order valence-electron chi connectivity index (χ0n) is 10.0. The van der Waals surface area contributed by atoms with Gasteiger partial charge in [-0.3, -0.25) is 4.79 Å². The Morgan fingerprint density at radius 1 is 1.44 bits per heavy atom. The largest absolute Gasteiger partial charge is 0.480 e. The van der Waals surface area contributed by atoms with E-state index in [2.05, 4.69) is 15.9 Å². The summed E-state index contributed by atoms with van der Waals surface area (Å²) >= 11 is 3.38. The van der Waals surface area contributed by atoms with E-state index in [9.17, 15) is 9.59 Å². The van der Waals surface area contributed by atoms with Crippen LogP contribution in [-0.4, -0.2) is 34.5 Å². The Morgan fingerprint density at radius 3 is 2.78 bits per heavy atom. The Bertz CT molecular complexity index is 501. The van der Waals surface area contributed by atoms with Gasteiger partial charge in [-0.25, -0.2) is 4.79 Å². The standard InChI is InChI=1S/C13H14BrNO3/c1-8-7-9(4-5-10(8)14)12(16)15-6-2-3-11(15)13(17)18/h4-5,7,11H,2-3,6H2,1H3,(H,17,18)/t11-/m1/s1. The van der Waals surface area contributed by atoms with Gasteiger partial charge >= 0.3 is 5.97 Å². The molecule has 18 heavy (non-hydrogen) atoms. The second-order valence-electron chi connectivity index (χ2n) is 4.46. The van der Waals surface area contributed by atoms with E-state index in [0.29, 0.717) is 18.5 Å². The highest BCUT2D eigenvalue weighted by molar-refractivity contribution is 9.10. The zero-order chi connectivity index (χ0) is 13.3. The maximum atomic E-state index is 12.3. The number of hydrogen-bond donors (Lipinski definition) is 1. The van der Waals surface area contributed by atoms with Gasteiger partial charge in [0.25, 0.3) is 5.91 Å². The number of aliphatic carboxylic acids is 1. The molecule has 1 atom stereocenters. The second kappa shape index (κ2) is 5.10. The predicted molar refractivity (Wildman–Crippen MR) is 70.6 cm³/mol. The van der Waals surface area contributed by atoms with Gasteiger partial charge in [-0.1, -0.05) is 15.9 Å². The van der Waals surface area contributed by atoms with E-state index in [4.69, 9.17) is 5.11 Å². The molecule has 1 saturated heterocycles. The molecular formula is C13H14BrNO3. The Labute approximate surface area is 114 Å². The van der Waals surface area contributed by atoms with Gasteiger partial charge in [0, 0.05) is 16.6 Å². The van der Waals surface area contributed by atoms with Crippen LogP contribution in [0.1, 0.15) is 28.8 Å². The van der Waals surface area contributed by atoms with Crippen molar-refractivity contribution in [2.75, 3.05) is 6.54 Å². The average Bonchev–Trinajstić information content (AvgIpc) is 2.81. The highest BCUT2D eigenvalue weighted by atomic mass is 79.9. The topological polar surface area (TPSA) is 57.6 Å². The van der Waals surface area contributed by atoms with Crippen molar-refractivity contribution in [2.24, 2.45) is 0 Å². The summed E-state index contributed by atoms with van der Waals surface area (Å²) in [6, 6.07) is 4.63. The third-order valence-electron chi connectivity index (χ3n) is 3.20. The van der Waals surface area contributed by atoms with Crippen LogP contribution < -0.4 is 0 Å². The van der Waals surface area contributed by atoms with Crippen LogP contribution in [0.4, 0.5) is 0 Å². The smallest absolute Gasteiger partial charge is 0.326 e. The summed E-state index contributed by atoms with van der Waals surface area (Å²) in [5.74, 6) is -1.12. The summed E-state index contributed by atoms with van der Waals surface area (Å²) < 4.78 is 0.940. The van der Waals surface area contributed by atoms with Gasteiger partial charge in [0.15, 0.2) is 0 Å². The molecule has 1 heterocycles. The molecule has 1 aromatic rings. The van der Waals surface area contributed by atoms with E-state index in [1.54, 1.807) is 12.1 Å². The highest BCUT2D eigenvalue weighted by Crippen LogP contribution is 2.23. The zero-order valence-corrected chi connectivity index (χ0v) is 11.6. The third kappa shape index (κ3) is 2.41. The molecular weight excluding hydrogens is 298 g/mol. The molecule has 1 N–H and O–H groups in total. The molecule has 0 bridgehead atoms. The molecule has 1 aromatic carbocycles. The lowest BCUT2D eigenvalue weighted by molar-refractivity contribution is -0.141. The SMILES string of the molecule is Cc1cc(C(=O)N2CCC[C@@H]2C(=O)O)ccc1Br. The fourth-order valence-electron chi connectivity index (χ4n) is 2.21. The Kier molecular flexibility index (Phi) is 3.71. The number of amides is 1. The van der Waals surface area contributed by atoms with Crippen LogP contribution in [0.15, 0.2) is 22.7 Å². The van der Waals surface area contributed by atoms with Crippen molar-refractivity contribution >= 4 is 27.8 Å². The molecule has 0 unspecified atom stereocenters. The molecule has 4 nitrogen and oxygen atoms in total. The number of carbonyl (C=O) groups is 2. The molecule has 5 heteroatoms.